The van der Waals surface area contributed by atoms with Gasteiger partial charge in [0.1, 0.15) is 30.7 Å². The smallest absolute Gasteiger partial charge is 0.338 e. The molecule has 4 aliphatic rings. The number of aliphatic hydroxyl groups is 2. The van der Waals surface area contributed by atoms with Gasteiger partial charge in [-0.15, -0.1) is 0 Å². The molecule has 12 unspecified atom stereocenters. The van der Waals surface area contributed by atoms with Crippen molar-refractivity contribution >= 4 is 35.4 Å². The SMILES string of the molecule is CC(=O)OC12COC1CC(O)C1(C)C(=O)C(=O)C3C(C)C(OC(=O)C(OCOCc4ccccc4)C(NC(=O)c4ccccc4)c4ccccc4)CC(O)(C(OC(=O)c4ccccc4)C21)C3(C)C. The van der Waals surface area contributed by atoms with E-state index >= 15 is 14.4 Å². The number of esters is 3. The van der Waals surface area contributed by atoms with Gasteiger partial charge in [0.15, 0.2) is 11.7 Å². The zero-order valence-corrected chi connectivity index (χ0v) is 38.6. The van der Waals surface area contributed by atoms with E-state index in [-0.39, 0.29) is 25.2 Å². The van der Waals surface area contributed by atoms with Crippen LogP contribution >= 0.6 is 0 Å². The molecule has 3 saturated carbocycles. The van der Waals surface area contributed by atoms with E-state index < -0.39 is 125 Å². The molecule has 0 aromatic heterocycles. The minimum absolute atomic E-state index is 0.0852. The van der Waals surface area contributed by atoms with Gasteiger partial charge in [-0.1, -0.05) is 118 Å². The van der Waals surface area contributed by atoms with E-state index in [1.165, 1.54) is 19.1 Å². The molecule has 8 rings (SSSR count). The van der Waals surface area contributed by atoms with Gasteiger partial charge in [0.25, 0.3) is 5.91 Å². The Hall–Kier alpha value is -6.10. The number of carbonyl (C=O) groups is 6. The van der Waals surface area contributed by atoms with Gasteiger partial charge in [-0.25, -0.2) is 9.59 Å². The molecule has 12 atom stereocenters. The summed E-state index contributed by atoms with van der Waals surface area (Å²) < 4.78 is 37.0. The number of carbonyl (C=O) groups excluding carboxylic acids is 6. The Morgan fingerprint density at radius 1 is 0.824 bits per heavy atom. The fourth-order valence-electron chi connectivity index (χ4n) is 11.3. The summed E-state index contributed by atoms with van der Waals surface area (Å²) in [7, 11) is 0. The summed E-state index contributed by atoms with van der Waals surface area (Å²) in [6.07, 6.45) is -8.07. The molecule has 358 valence electrons. The van der Waals surface area contributed by atoms with Crippen LogP contribution in [0.3, 0.4) is 0 Å². The van der Waals surface area contributed by atoms with Crippen molar-refractivity contribution in [3.63, 3.8) is 0 Å². The highest BCUT2D eigenvalue weighted by Crippen LogP contribution is 2.64. The molecular formula is C53H57NO14. The number of ether oxygens (including phenoxy) is 6. The van der Waals surface area contributed by atoms with Gasteiger partial charge in [0, 0.05) is 42.6 Å². The predicted molar refractivity (Wildman–Crippen MR) is 242 cm³/mol. The molecule has 0 radical (unpaired) electrons. The topological polar surface area (TPSA) is 210 Å². The molecule has 15 nitrogen and oxygen atoms in total. The second-order valence-corrected chi connectivity index (χ2v) is 19.2. The standard InChI is InChI=1S/C53H57NO14/c1-31-37(66-49(61)43(65-30-63-28-33-18-10-6-11-19-33)41(34-20-12-7-13-21-34)54-47(59)35-22-14-8-15-23-35)27-53(62)46(67-48(60)36-24-16-9-17-25-36)44-51(5,45(58)42(57)40(31)50(53,3)4)38(56)26-39-52(44,29-64-39)68-32(2)55/h6-25,31,37-41,43-44,46,56,62H,26-30H2,1-5H3,(H,54,59). The van der Waals surface area contributed by atoms with Gasteiger partial charge >= 0.3 is 17.9 Å². The van der Waals surface area contributed by atoms with E-state index in [0.717, 1.165) is 12.5 Å². The van der Waals surface area contributed by atoms with Crippen LogP contribution < -0.4 is 5.32 Å². The molecule has 68 heavy (non-hydrogen) atoms. The van der Waals surface area contributed by atoms with Gasteiger partial charge in [-0.2, -0.15) is 0 Å². The van der Waals surface area contributed by atoms with Gasteiger partial charge < -0.3 is 44.0 Å². The highest BCUT2D eigenvalue weighted by atomic mass is 16.7. The lowest BCUT2D eigenvalue weighted by atomic mass is 9.42. The minimum Gasteiger partial charge on any atom is -0.460 e. The molecule has 3 aliphatic carbocycles. The molecule has 0 spiro atoms. The predicted octanol–water partition coefficient (Wildman–Crippen LogP) is 5.51. The van der Waals surface area contributed by atoms with Crippen molar-refractivity contribution in [2.45, 2.75) is 102 Å². The number of rotatable bonds is 14. The fourth-order valence-corrected chi connectivity index (χ4v) is 11.3. The summed E-state index contributed by atoms with van der Waals surface area (Å²) in [4.78, 5) is 86.6. The van der Waals surface area contributed by atoms with Crippen LogP contribution in [0.2, 0.25) is 0 Å². The van der Waals surface area contributed by atoms with Gasteiger partial charge in [0.2, 0.25) is 11.6 Å². The first-order valence-electron chi connectivity index (χ1n) is 22.8. The molecule has 1 amide bonds. The van der Waals surface area contributed by atoms with Gasteiger partial charge in [-0.05, 0) is 42.3 Å². The quantitative estimate of drug-likeness (QED) is 0.0469. The molecular weight excluding hydrogens is 875 g/mol. The Kier molecular flexibility index (Phi) is 13.6. The van der Waals surface area contributed by atoms with Crippen LogP contribution in [0, 0.1) is 28.6 Å². The second kappa shape index (κ2) is 19.1. The van der Waals surface area contributed by atoms with Crippen molar-refractivity contribution in [3.05, 3.63) is 144 Å². The van der Waals surface area contributed by atoms with Crippen molar-refractivity contribution in [2.75, 3.05) is 13.4 Å². The highest BCUT2D eigenvalue weighted by molar-refractivity contribution is 6.40. The summed E-state index contributed by atoms with van der Waals surface area (Å²) in [5.74, 6) is -9.16. The molecule has 1 saturated heterocycles. The number of fused-ring (bicyclic) bond motifs is 5. The molecule has 1 aliphatic heterocycles. The van der Waals surface area contributed by atoms with E-state index in [1.807, 2.05) is 30.3 Å². The van der Waals surface area contributed by atoms with Crippen LogP contribution in [-0.2, 0) is 54.2 Å². The average Bonchev–Trinajstić information content (AvgIpc) is 3.33. The van der Waals surface area contributed by atoms with Crippen LogP contribution in [-0.4, -0.2) is 101 Å². The van der Waals surface area contributed by atoms with Crippen molar-refractivity contribution in [3.8, 4) is 0 Å². The lowest BCUT2D eigenvalue weighted by Gasteiger charge is -2.67. The van der Waals surface area contributed by atoms with Crippen molar-refractivity contribution in [1.82, 2.24) is 5.32 Å². The number of nitrogens with one attached hydrogen (secondary N) is 1. The van der Waals surface area contributed by atoms with E-state index in [2.05, 4.69) is 5.32 Å². The second-order valence-electron chi connectivity index (χ2n) is 19.2. The Morgan fingerprint density at radius 3 is 2.00 bits per heavy atom. The van der Waals surface area contributed by atoms with Crippen LogP contribution in [0.15, 0.2) is 121 Å². The third-order valence-electron chi connectivity index (χ3n) is 14.9. The lowest BCUT2D eigenvalue weighted by Crippen LogP contribution is -2.82. The zero-order valence-electron chi connectivity index (χ0n) is 38.6. The monoisotopic (exact) mass is 931 g/mol. The number of hydrogen-bond donors (Lipinski definition) is 3. The minimum atomic E-state index is -2.36. The fraction of sp³-hybridized carbons (Fsp3) is 0.434. The highest BCUT2D eigenvalue weighted by Gasteiger charge is 2.79. The van der Waals surface area contributed by atoms with Crippen LogP contribution in [0.1, 0.15) is 85.3 Å². The summed E-state index contributed by atoms with van der Waals surface area (Å²) >= 11 is 0. The molecule has 2 bridgehead atoms. The lowest BCUT2D eigenvalue weighted by molar-refractivity contribution is -0.350. The summed E-state index contributed by atoms with van der Waals surface area (Å²) in [6, 6.07) is 33.0. The van der Waals surface area contributed by atoms with Gasteiger partial charge in [0.05, 0.1) is 42.3 Å². The van der Waals surface area contributed by atoms with Gasteiger partial charge in [-0.3, -0.25) is 19.2 Å². The molecule has 1 heterocycles. The maximum atomic E-state index is 15.2. The third-order valence-corrected chi connectivity index (χ3v) is 14.9. The molecule has 4 aromatic rings. The van der Waals surface area contributed by atoms with Crippen molar-refractivity contribution in [1.29, 1.82) is 0 Å². The van der Waals surface area contributed by atoms with E-state index in [4.69, 9.17) is 28.4 Å². The average molecular weight is 932 g/mol. The van der Waals surface area contributed by atoms with E-state index in [0.29, 0.717) is 11.1 Å². The normalized spacial score (nSPS) is 31.2. The van der Waals surface area contributed by atoms with Crippen molar-refractivity contribution in [2.24, 2.45) is 28.6 Å². The van der Waals surface area contributed by atoms with Crippen molar-refractivity contribution < 1.29 is 67.4 Å². The van der Waals surface area contributed by atoms with E-state index in [9.17, 15) is 24.6 Å². The Morgan fingerprint density at radius 2 is 1.41 bits per heavy atom. The number of amides is 1. The molecule has 3 N–H and O–H groups in total. The maximum Gasteiger partial charge on any atom is 0.338 e. The number of aliphatic hydroxyl groups excluding tert-OH is 1. The zero-order chi connectivity index (χ0) is 48.6. The first kappa shape index (κ1) is 48.4. The molecule has 15 heteroatoms. The summed E-state index contributed by atoms with van der Waals surface area (Å²) in [5, 5.41) is 28.7. The first-order valence-corrected chi connectivity index (χ1v) is 22.8. The Bertz CT molecular complexity index is 2500. The number of ketones is 2. The summed E-state index contributed by atoms with van der Waals surface area (Å²) in [5.41, 5.74) is -6.14. The van der Waals surface area contributed by atoms with Crippen LogP contribution in [0.4, 0.5) is 0 Å². The maximum absolute atomic E-state index is 15.2. The number of hydrogen-bond acceptors (Lipinski definition) is 14. The Labute approximate surface area is 394 Å². The van der Waals surface area contributed by atoms with Crippen LogP contribution in [0.5, 0.6) is 0 Å². The number of benzene rings is 4. The largest absolute Gasteiger partial charge is 0.460 e. The van der Waals surface area contributed by atoms with Crippen LogP contribution in [0.25, 0.3) is 0 Å². The van der Waals surface area contributed by atoms with E-state index in [1.54, 1.807) is 99.6 Å². The summed E-state index contributed by atoms with van der Waals surface area (Å²) in [6.45, 7) is 6.70. The molecule has 4 aromatic carbocycles. The Balaban J connectivity index is 1.22. The number of Topliss-reactive ketones (excluding diaryl/α,β-unsaturated/α-hetero) is 2. The first-order chi connectivity index (χ1) is 32.4. The third kappa shape index (κ3) is 8.55. The molecule has 4 fully saturated rings.